The Morgan fingerprint density at radius 2 is 1.38 bits per heavy atom. The number of rotatable bonds is 29. The molecule has 0 atom stereocenters. The van der Waals surface area contributed by atoms with Crippen LogP contribution < -0.4 is 31.9 Å². The van der Waals surface area contributed by atoms with Crippen LogP contribution in [0.4, 0.5) is 27.8 Å². The minimum atomic E-state index is -0.609. The molecule has 0 unspecified atom stereocenters. The molecule has 7 amide bonds. The van der Waals surface area contributed by atoms with Crippen LogP contribution >= 0.6 is 0 Å². The van der Waals surface area contributed by atoms with E-state index in [0.717, 1.165) is 65.2 Å². The number of likely N-dealkylation sites (tertiary alicyclic amines) is 1. The third-order valence-corrected chi connectivity index (χ3v) is 12.8. The van der Waals surface area contributed by atoms with Crippen LogP contribution in [0.2, 0.25) is 0 Å². The summed E-state index contributed by atoms with van der Waals surface area (Å²) in [6.45, 7) is 15.0. The minimum Gasteiger partial charge on any atom is -0.469 e. The van der Waals surface area contributed by atoms with E-state index in [-0.39, 0.29) is 87.1 Å². The van der Waals surface area contributed by atoms with Gasteiger partial charge in [0, 0.05) is 117 Å². The van der Waals surface area contributed by atoms with Gasteiger partial charge in [0.1, 0.15) is 29.5 Å². The van der Waals surface area contributed by atoms with Crippen molar-refractivity contribution in [3.8, 4) is 0 Å². The van der Waals surface area contributed by atoms with Gasteiger partial charge in [-0.1, -0.05) is 0 Å². The average molecular weight is 1120 g/mol. The molecule has 2 fully saturated rings. The van der Waals surface area contributed by atoms with Crippen LogP contribution in [0.3, 0.4) is 0 Å². The van der Waals surface area contributed by atoms with Crippen molar-refractivity contribution >= 4 is 70.5 Å². The second kappa shape index (κ2) is 30.6. The third-order valence-electron chi connectivity index (χ3n) is 12.8. The summed E-state index contributed by atoms with van der Waals surface area (Å²) in [5.74, 6) is -1.93. The van der Waals surface area contributed by atoms with Crippen LogP contribution in [0, 0.1) is 5.92 Å². The van der Waals surface area contributed by atoms with E-state index in [9.17, 15) is 38.4 Å². The van der Waals surface area contributed by atoms with Gasteiger partial charge >= 0.3 is 12.1 Å². The highest BCUT2D eigenvalue weighted by Crippen LogP contribution is 2.22. The quantitative estimate of drug-likeness (QED) is 0.0282. The molecule has 0 aromatic carbocycles. The number of aromatic amines is 2. The Morgan fingerprint density at radius 1 is 0.700 bits per heavy atom. The van der Waals surface area contributed by atoms with Crippen molar-refractivity contribution in [2.24, 2.45) is 20.0 Å². The molecule has 438 valence electrons. The first-order valence-electron chi connectivity index (χ1n) is 26.7. The molecule has 2 aliphatic rings. The first kappa shape index (κ1) is 61.6. The summed E-state index contributed by atoms with van der Waals surface area (Å²) in [6, 6.07) is 3.07. The number of imidazole rings is 2. The Balaban J connectivity index is 0.753. The van der Waals surface area contributed by atoms with Gasteiger partial charge in [0.15, 0.2) is 5.82 Å². The van der Waals surface area contributed by atoms with Gasteiger partial charge in [0.2, 0.25) is 29.5 Å². The predicted molar refractivity (Wildman–Crippen MR) is 292 cm³/mol. The number of methoxy groups -OCH3 is 1. The number of hydrogen-bond donors (Lipinski definition) is 8. The van der Waals surface area contributed by atoms with Gasteiger partial charge in [-0.3, -0.25) is 38.5 Å². The molecule has 4 aromatic heterocycles. The number of carbonyl (C=O) groups excluding carboxylic acids is 8. The van der Waals surface area contributed by atoms with E-state index in [0.29, 0.717) is 55.2 Å². The van der Waals surface area contributed by atoms with E-state index < -0.39 is 41.1 Å². The monoisotopic (exact) mass is 1120 g/mol. The lowest BCUT2D eigenvalue weighted by Crippen LogP contribution is -2.50. The van der Waals surface area contributed by atoms with Gasteiger partial charge in [-0.15, -0.1) is 0 Å². The van der Waals surface area contributed by atoms with Crippen LogP contribution in [0.1, 0.15) is 79.1 Å². The molecule has 0 spiro atoms. The largest absolute Gasteiger partial charge is 0.469 e. The summed E-state index contributed by atoms with van der Waals surface area (Å²) < 4.78 is 29.8. The van der Waals surface area contributed by atoms with Gasteiger partial charge in [-0.2, -0.15) is 0 Å². The molecule has 0 bridgehead atoms. The maximum atomic E-state index is 13.2. The highest BCUT2D eigenvalue weighted by Gasteiger charge is 2.29. The molecule has 0 saturated carbocycles. The van der Waals surface area contributed by atoms with Crippen LogP contribution in [0.15, 0.2) is 36.9 Å². The predicted octanol–water partition coefficient (Wildman–Crippen LogP) is 1.48. The van der Waals surface area contributed by atoms with Gasteiger partial charge < -0.3 is 84.5 Å². The number of anilines is 4. The number of nitrogens with zero attached hydrogens (tertiary/aromatic N) is 7. The smallest absolute Gasteiger partial charge is 0.410 e. The molecule has 0 radical (unpaired) electrons. The number of H-pyrrole nitrogens is 2. The van der Waals surface area contributed by atoms with Gasteiger partial charge in [0.05, 0.1) is 70.6 Å². The number of aryl methyl sites for hydroxylation is 2. The van der Waals surface area contributed by atoms with Gasteiger partial charge in [0.25, 0.3) is 11.8 Å². The number of carbonyl (C=O) groups is 8. The molecule has 6 rings (SSSR count). The number of ether oxygens (including phenoxy) is 5. The van der Waals surface area contributed by atoms with Gasteiger partial charge in [-0.25, -0.2) is 14.8 Å². The van der Waals surface area contributed by atoms with Crippen molar-refractivity contribution in [2.75, 3.05) is 133 Å². The first-order valence-corrected chi connectivity index (χ1v) is 26.7. The Bertz CT molecular complexity index is 2710. The van der Waals surface area contributed by atoms with Crippen LogP contribution in [-0.4, -0.2) is 209 Å². The fraction of sp³-hybridized carbons (Fsp3) is 0.577. The zero-order valence-corrected chi connectivity index (χ0v) is 46.5. The number of piperidine rings is 1. The van der Waals surface area contributed by atoms with Crippen LogP contribution in [-0.2, 0) is 74.6 Å². The van der Waals surface area contributed by atoms with Crippen molar-refractivity contribution in [2.45, 2.75) is 64.9 Å². The topological polar surface area (TPSA) is 332 Å². The fourth-order valence-corrected chi connectivity index (χ4v) is 8.65. The maximum absolute atomic E-state index is 13.2. The van der Waals surface area contributed by atoms with Gasteiger partial charge in [-0.05, 0) is 51.7 Å². The number of piperazine rings is 1. The molecule has 8 N–H and O–H groups in total. The summed E-state index contributed by atoms with van der Waals surface area (Å²) in [5, 5.41) is 15.9. The number of aromatic nitrogens is 6. The zero-order chi connectivity index (χ0) is 57.6. The SMILES string of the molecule is COC(=O)Cc1cc(NC(=O)Cc2ncc(NC(=O)CCNC(=O)c3cc(NC(=O)c4nc(NC(=O)CCNC(=O)COCCOCCOCCN5CCN(CC6CCN(C(=O)OC(C)(C)C)CC6)CC5)cn4C)cn3C)[nH]2)c[nH]1. The van der Waals surface area contributed by atoms with E-state index in [2.05, 4.69) is 66.4 Å². The number of hydrogen-bond acceptors (Lipinski definition) is 17. The highest BCUT2D eigenvalue weighted by molar-refractivity contribution is 6.04. The lowest BCUT2D eigenvalue weighted by molar-refractivity contribution is -0.140. The molecular weight excluding hydrogens is 1040 g/mol. The van der Waals surface area contributed by atoms with Crippen LogP contribution in [0.5, 0.6) is 0 Å². The Kier molecular flexibility index (Phi) is 23.6. The Morgan fingerprint density at radius 3 is 2.09 bits per heavy atom. The average Bonchev–Trinajstić information content (AvgIpc) is 4.22. The first-order chi connectivity index (χ1) is 38.3. The second-order valence-electron chi connectivity index (χ2n) is 20.4. The van der Waals surface area contributed by atoms with E-state index in [1.807, 2.05) is 25.7 Å². The zero-order valence-electron chi connectivity index (χ0n) is 46.5. The molecule has 2 aliphatic heterocycles. The fourth-order valence-electron chi connectivity index (χ4n) is 8.65. The van der Waals surface area contributed by atoms with E-state index in [1.165, 1.54) is 40.9 Å². The molecule has 28 nitrogen and oxygen atoms in total. The van der Waals surface area contributed by atoms with Crippen molar-refractivity contribution < 1.29 is 62.0 Å². The second-order valence-corrected chi connectivity index (χ2v) is 20.4. The van der Waals surface area contributed by atoms with Crippen molar-refractivity contribution in [3.63, 3.8) is 0 Å². The molecule has 4 aromatic rings. The molecular formula is C52H77N15O13. The summed E-state index contributed by atoms with van der Waals surface area (Å²) in [7, 11) is 4.48. The summed E-state index contributed by atoms with van der Waals surface area (Å²) in [6.07, 6.45) is 7.45. The maximum Gasteiger partial charge on any atom is 0.410 e. The van der Waals surface area contributed by atoms with E-state index >= 15 is 0 Å². The van der Waals surface area contributed by atoms with E-state index in [1.54, 1.807) is 26.4 Å². The van der Waals surface area contributed by atoms with Crippen LogP contribution in [0.25, 0.3) is 0 Å². The molecule has 0 aliphatic carbocycles. The number of esters is 1. The summed E-state index contributed by atoms with van der Waals surface area (Å²) in [5.41, 5.74) is 1.05. The number of nitrogens with one attached hydrogen (secondary N) is 8. The number of amides is 7. The van der Waals surface area contributed by atoms with Crippen molar-refractivity contribution in [1.29, 1.82) is 0 Å². The van der Waals surface area contributed by atoms with Crippen molar-refractivity contribution in [1.82, 2.24) is 54.4 Å². The molecule has 80 heavy (non-hydrogen) atoms. The Labute approximate surface area is 464 Å². The lowest BCUT2D eigenvalue weighted by Gasteiger charge is -2.39. The summed E-state index contributed by atoms with van der Waals surface area (Å²) in [4.78, 5) is 121. The lowest BCUT2D eigenvalue weighted by atomic mass is 9.96. The van der Waals surface area contributed by atoms with E-state index in [4.69, 9.17) is 18.9 Å². The third kappa shape index (κ3) is 21.2. The molecule has 28 heteroatoms. The normalized spacial score (nSPS) is 14.3. The molecule has 6 heterocycles. The molecule has 2 saturated heterocycles. The highest BCUT2D eigenvalue weighted by atomic mass is 16.6. The minimum absolute atomic E-state index is 0.0167. The Hall–Kier alpha value is -7.66. The van der Waals surface area contributed by atoms with Crippen molar-refractivity contribution in [3.05, 3.63) is 60.0 Å². The summed E-state index contributed by atoms with van der Waals surface area (Å²) >= 11 is 0. The standard InChI is InChI=1S/C52H77N15O13/c1-52(2,3)80-51(75)67-13-9-35(10-14-67)31-66-17-15-65(16-18-66)19-20-77-21-22-78-23-24-79-34-46(71)53-11-7-44(69)61-42-33-64(5)48(62-42)50(74)58-38-26-39(63(4)32-38)49(73)54-12-8-43(68)60-41-30-56-40(59-41)28-45(70)57-37-25-36(55-29-37)27-47(72)76-6/h25-26,29-30,32-33,35,55H,7-24,27-28,31,34H2,1-6H3,(H,53,71)(H,54,73)(H,56,59)(H,57,70)(H,58,74)(H,60,68)(H,61,69).